The Morgan fingerprint density at radius 2 is 1.84 bits per heavy atom. The van der Waals surface area contributed by atoms with Crippen LogP contribution in [0.3, 0.4) is 0 Å². The Morgan fingerprint density at radius 3 is 2.52 bits per heavy atom. The summed E-state index contributed by atoms with van der Waals surface area (Å²) in [5.41, 5.74) is 1.55. The van der Waals surface area contributed by atoms with Crippen molar-refractivity contribution >= 4 is 40.7 Å². The maximum Gasteiger partial charge on any atom is 0.254 e. The fourth-order valence-electron chi connectivity index (χ4n) is 2.58. The van der Waals surface area contributed by atoms with Crippen LogP contribution in [0.5, 0.6) is 5.88 Å². The summed E-state index contributed by atoms with van der Waals surface area (Å²) in [6, 6.07) is 7.15. The van der Waals surface area contributed by atoms with E-state index in [2.05, 4.69) is 35.9 Å². The maximum absolute atomic E-state index is 12.3. The molecule has 0 radical (unpaired) electrons. The van der Waals surface area contributed by atoms with Crippen molar-refractivity contribution in [3.05, 3.63) is 48.0 Å². The van der Waals surface area contributed by atoms with Gasteiger partial charge >= 0.3 is 0 Å². The highest BCUT2D eigenvalue weighted by atomic mass is 32.2. The van der Waals surface area contributed by atoms with Gasteiger partial charge in [0.2, 0.25) is 5.88 Å². The number of amides is 1. The third-order valence-electron chi connectivity index (χ3n) is 3.89. The molecular formula is C21H27N7O2S. The number of hydrogen-bond acceptors (Lipinski definition) is 9. The van der Waals surface area contributed by atoms with Crippen LogP contribution < -0.4 is 20.7 Å². The first kappa shape index (κ1) is 23.9. The molecule has 31 heavy (non-hydrogen) atoms. The summed E-state index contributed by atoms with van der Waals surface area (Å²) in [7, 11) is 3.10. The number of anilines is 4. The summed E-state index contributed by atoms with van der Waals surface area (Å²) in [5.74, 6) is 1.94. The highest BCUT2D eigenvalue weighted by Gasteiger charge is 2.15. The van der Waals surface area contributed by atoms with Gasteiger partial charge in [0.1, 0.15) is 28.2 Å². The minimum atomic E-state index is -0.267. The molecule has 0 aliphatic rings. The van der Waals surface area contributed by atoms with Crippen LogP contribution in [0.2, 0.25) is 0 Å². The summed E-state index contributed by atoms with van der Waals surface area (Å²) < 4.78 is 5.28. The van der Waals surface area contributed by atoms with Gasteiger partial charge < -0.3 is 20.7 Å². The number of rotatable bonds is 7. The van der Waals surface area contributed by atoms with E-state index in [0.29, 0.717) is 40.3 Å². The first-order chi connectivity index (χ1) is 15.0. The minimum absolute atomic E-state index is 0.267. The molecule has 0 aliphatic carbocycles. The van der Waals surface area contributed by atoms with Crippen molar-refractivity contribution in [2.45, 2.75) is 25.8 Å². The maximum atomic E-state index is 12.3. The van der Waals surface area contributed by atoms with Gasteiger partial charge in [0, 0.05) is 31.6 Å². The number of methoxy groups -OCH3 is 1. The van der Waals surface area contributed by atoms with Crippen LogP contribution in [0, 0.1) is 6.92 Å². The molecule has 3 heterocycles. The van der Waals surface area contributed by atoms with Crippen molar-refractivity contribution in [3.63, 3.8) is 0 Å². The second-order valence-corrected chi connectivity index (χ2v) is 6.67. The number of thioether (sulfide) groups is 1. The van der Waals surface area contributed by atoms with Gasteiger partial charge in [-0.25, -0.2) is 19.9 Å². The first-order valence-electron chi connectivity index (χ1n) is 9.69. The molecule has 0 spiro atoms. The molecule has 0 aromatic carbocycles. The molecule has 3 aromatic rings. The van der Waals surface area contributed by atoms with Gasteiger partial charge in [0.25, 0.3) is 5.91 Å². The summed E-state index contributed by atoms with van der Waals surface area (Å²) in [5, 5.41) is 9.83. The highest BCUT2D eigenvalue weighted by Crippen LogP contribution is 2.29. The van der Waals surface area contributed by atoms with E-state index in [-0.39, 0.29) is 5.91 Å². The molecule has 0 fully saturated rings. The van der Waals surface area contributed by atoms with Gasteiger partial charge in [-0.2, -0.15) is 0 Å². The van der Waals surface area contributed by atoms with Gasteiger partial charge in [0.15, 0.2) is 0 Å². The summed E-state index contributed by atoms with van der Waals surface area (Å²) in [4.78, 5) is 29.5. The van der Waals surface area contributed by atoms with Crippen molar-refractivity contribution in [1.82, 2.24) is 25.3 Å². The van der Waals surface area contributed by atoms with Crippen LogP contribution in [0.1, 0.15) is 30.0 Å². The monoisotopic (exact) mass is 441 g/mol. The molecule has 3 rings (SSSR count). The zero-order valence-electron chi connectivity index (χ0n) is 18.5. The number of hydrogen-bond donors (Lipinski definition) is 3. The molecule has 0 saturated carbocycles. The Hall–Kier alpha value is -3.40. The summed E-state index contributed by atoms with van der Waals surface area (Å²) in [6.07, 6.45) is 5.07. The average Bonchev–Trinajstić information content (AvgIpc) is 2.80. The second kappa shape index (κ2) is 11.7. The number of nitrogens with zero attached hydrogens (tertiary/aromatic N) is 4. The Labute approximate surface area is 186 Å². The first-order valence-corrected chi connectivity index (χ1v) is 10.9. The van der Waals surface area contributed by atoms with E-state index >= 15 is 0 Å². The zero-order valence-corrected chi connectivity index (χ0v) is 19.3. The second-order valence-electron chi connectivity index (χ2n) is 5.85. The minimum Gasteiger partial charge on any atom is -0.480 e. The highest BCUT2D eigenvalue weighted by molar-refractivity contribution is 7.98. The van der Waals surface area contributed by atoms with Gasteiger partial charge in [0.05, 0.1) is 18.4 Å². The number of pyridine rings is 2. The number of nitrogens with one attached hydrogen (secondary N) is 3. The molecule has 0 unspecified atom stereocenters. The van der Waals surface area contributed by atoms with E-state index in [0.717, 1.165) is 5.03 Å². The van der Waals surface area contributed by atoms with Crippen molar-refractivity contribution in [1.29, 1.82) is 0 Å². The number of aromatic nitrogens is 4. The van der Waals surface area contributed by atoms with Crippen LogP contribution in [0.4, 0.5) is 23.0 Å². The predicted molar refractivity (Wildman–Crippen MR) is 125 cm³/mol. The molecule has 0 atom stereocenters. The van der Waals surface area contributed by atoms with E-state index in [1.54, 1.807) is 25.4 Å². The average molecular weight is 442 g/mol. The summed E-state index contributed by atoms with van der Waals surface area (Å²) >= 11 is 1.53. The van der Waals surface area contributed by atoms with Crippen LogP contribution in [0.15, 0.2) is 41.7 Å². The Bertz CT molecular complexity index is 1030. The van der Waals surface area contributed by atoms with E-state index in [9.17, 15) is 4.79 Å². The van der Waals surface area contributed by atoms with Crippen LogP contribution in [-0.2, 0) is 0 Å². The quantitative estimate of drug-likeness (QED) is 0.367. The van der Waals surface area contributed by atoms with Crippen molar-refractivity contribution in [3.8, 4) is 5.88 Å². The molecule has 164 valence electrons. The fourth-order valence-corrected chi connectivity index (χ4v) is 3.03. The number of carbonyl (C=O) groups excluding carboxylic acids is 1. The topological polar surface area (TPSA) is 114 Å². The number of ether oxygens (including phenoxy) is 1. The largest absolute Gasteiger partial charge is 0.480 e. The third kappa shape index (κ3) is 6.29. The molecule has 3 N–H and O–H groups in total. The lowest BCUT2D eigenvalue weighted by molar-refractivity contribution is 0.0963. The zero-order chi connectivity index (χ0) is 22.8. The Balaban J connectivity index is 0.00000166. The van der Waals surface area contributed by atoms with E-state index in [1.807, 2.05) is 39.2 Å². The molecule has 3 aromatic heterocycles. The molecule has 10 heteroatoms. The summed E-state index contributed by atoms with van der Waals surface area (Å²) in [6.45, 7) is 5.83. The standard InChI is InChI=1S/C19H21N7O2S.C2H6/c1-11-23-16(9-17(24-11)29-4)26-15-8-14(12(10-22-15)18(27)20-2)25-13-6-5-7-21-19(13)28-3;1-2/h5-10H,1-4H3,(H,20,27)(H2,22,23,24,25,26);1-2H3. The predicted octanol–water partition coefficient (Wildman–Crippen LogP) is 4.18. The molecular weight excluding hydrogens is 414 g/mol. The molecule has 9 nitrogen and oxygen atoms in total. The lowest BCUT2D eigenvalue weighted by atomic mass is 10.2. The Morgan fingerprint density at radius 1 is 1.06 bits per heavy atom. The smallest absolute Gasteiger partial charge is 0.254 e. The van der Waals surface area contributed by atoms with Gasteiger partial charge in [-0.05, 0) is 25.3 Å². The van der Waals surface area contributed by atoms with E-state index in [4.69, 9.17) is 4.74 Å². The number of aryl methyl sites for hydroxylation is 1. The van der Waals surface area contributed by atoms with Crippen LogP contribution in [0.25, 0.3) is 0 Å². The van der Waals surface area contributed by atoms with Gasteiger partial charge in [-0.3, -0.25) is 4.79 Å². The molecule has 0 saturated heterocycles. The lowest BCUT2D eigenvalue weighted by Gasteiger charge is -2.15. The molecule has 0 bridgehead atoms. The Kier molecular flexibility index (Phi) is 9.01. The fraction of sp³-hybridized carbons (Fsp3) is 0.286. The molecule has 0 aliphatic heterocycles. The van der Waals surface area contributed by atoms with Gasteiger partial charge in [-0.15, -0.1) is 11.8 Å². The van der Waals surface area contributed by atoms with E-state index in [1.165, 1.54) is 25.1 Å². The van der Waals surface area contributed by atoms with E-state index < -0.39 is 0 Å². The van der Waals surface area contributed by atoms with Crippen molar-refractivity contribution in [2.75, 3.05) is 31.0 Å². The van der Waals surface area contributed by atoms with Crippen molar-refractivity contribution < 1.29 is 9.53 Å². The van der Waals surface area contributed by atoms with Gasteiger partial charge in [-0.1, -0.05) is 13.8 Å². The molecule has 1 amide bonds. The number of carbonyl (C=O) groups is 1. The van der Waals surface area contributed by atoms with Crippen LogP contribution in [-0.4, -0.2) is 46.3 Å². The SMILES string of the molecule is CC.CNC(=O)c1cnc(Nc2cc(SC)nc(C)n2)cc1Nc1cccnc1OC. The normalized spacial score (nSPS) is 9.87. The third-order valence-corrected chi connectivity index (χ3v) is 4.52. The van der Waals surface area contributed by atoms with Crippen molar-refractivity contribution in [2.24, 2.45) is 0 Å². The lowest BCUT2D eigenvalue weighted by Crippen LogP contribution is -2.19. The van der Waals surface area contributed by atoms with Crippen LogP contribution >= 0.6 is 11.8 Å².